The summed E-state index contributed by atoms with van der Waals surface area (Å²) in [6, 6.07) is 4.20. The predicted molar refractivity (Wildman–Crippen MR) is 260 cm³/mol. The van der Waals surface area contributed by atoms with Crippen LogP contribution in [-0.2, 0) is 63.6 Å². The lowest BCUT2D eigenvalue weighted by molar-refractivity contribution is -0.256. The van der Waals surface area contributed by atoms with Gasteiger partial charge in [-0.1, -0.05) is 18.6 Å². The van der Waals surface area contributed by atoms with Crippen LogP contribution in [0.1, 0.15) is 101 Å². The number of imide groups is 1. The number of ketones is 2. The minimum atomic E-state index is -2.29. The molecule has 6 aliphatic rings. The number of aromatic hydroxyl groups is 2. The average molecular weight is 1050 g/mol. The summed E-state index contributed by atoms with van der Waals surface area (Å²) in [7, 11) is 5.90. The van der Waals surface area contributed by atoms with E-state index in [0.717, 1.165) is 0 Å². The Morgan fingerprint density at radius 3 is 2.32 bits per heavy atom. The van der Waals surface area contributed by atoms with Crippen LogP contribution in [0.25, 0.3) is 0 Å². The lowest BCUT2D eigenvalue weighted by Crippen LogP contribution is -2.55. The molecule has 23 nitrogen and oxygen atoms in total. The summed E-state index contributed by atoms with van der Waals surface area (Å²) in [6.45, 7) is 4.25. The molecule has 3 fully saturated rings. The quantitative estimate of drug-likeness (QED) is 0.0588. The Morgan fingerprint density at radius 1 is 0.867 bits per heavy atom. The zero-order valence-electron chi connectivity index (χ0n) is 42.9. The average Bonchev–Trinajstić information content (AvgIpc) is 3.96. The number of amides is 5. The smallest absolute Gasteiger partial charge is 0.254 e. The van der Waals surface area contributed by atoms with Crippen LogP contribution in [0, 0.1) is 0 Å². The summed E-state index contributed by atoms with van der Waals surface area (Å²) >= 11 is 0. The maximum absolute atomic E-state index is 14.5. The van der Waals surface area contributed by atoms with E-state index >= 15 is 0 Å². The molecule has 4 aliphatic heterocycles. The Morgan fingerprint density at radius 2 is 1.59 bits per heavy atom. The highest BCUT2D eigenvalue weighted by atomic mass is 16.7. The van der Waals surface area contributed by atoms with Crippen molar-refractivity contribution in [1.29, 1.82) is 0 Å². The Balaban J connectivity index is 0.849. The second-order valence-electron chi connectivity index (χ2n) is 19.5. The molecule has 4 heterocycles. The first-order valence-corrected chi connectivity index (χ1v) is 25.4. The van der Waals surface area contributed by atoms with Crippen LogP contribution < -0.4 is 10.1 Å². The number of phenolic OH excluding ortho intramolecular Hbond substituents is 2. The maximum Gasteiger partial charge on any atom is 0.254 e. The highest BCUT2D eigenvalue weighted by Crippen LogP contribution is 2.53. The minimum absolute atomic E-state index is 0.0173. The largest absolute Gasteiger partial charge is 0.507 e. The fourth-order valence-electron chi connectivity index (χ4n) is 10.8. The maximum atomic E-state index is 14.5. The van der Waals surface area contributed by atoms with Gasteiger partial charge < -0.3 is 68.3 Å². The number of morpholine rings is 1. The molecule has 8 rings (SSSR count). The number of ether oxygens (including phenoxy) is 8. The Kier molecular flexibility index (Phi) is 17.7. The van der Waals surface area contributed by atoms with Crippen LogP contribution in [0.5, 0.6) is 17.2 Å². The second kappa shape index (κ2) is 24.0. The van der Waals surface area contributed by atoms with Gasteiger partial charge in [-0.25, -0.2) is 0 Å². The van der Waals surface area contributed by atoms with E-state index in [2.05, 4.69) is 10.2 Å². The van der Waals surface area contributed by atoms with Gasteiger partial charge in [0.1, 0.15) is 29.0 Å². The van der Waals surface area contributed by atoms with Gasteiger partial charge in [0.15, 0.2) is 24.6 Å². The predicted octanol–water partition coefficient (Wildman–Crippen LogP) is 1.09. The highest BCUT2D eigenvalue weighted by molar-refractivity contribution is 6.31. The van der Waals surface area contributed by atoms with Gasteiger partial charge >= 0.3 is 0 Å². The molecule has 2 aliphatic carbocycles. The van der Waals surface area contributed by atoms with E-state index < -0.39 is 89.6 Å². The van der Waals surface area contributed by atoms with Gasteiger partial charge in [-0.3, -0.25) is 43.4 Å². The molecule has 4 N–H and O–H groups in total. The van der Waals surface area contributed by atoms with E-state index in [9.17, 15) is 48.9 Å². The Bertz CT molecular complexity index is 2540. The summed E-state index contributed by atoms with van der Waals surface area (Å²) in [4.78, 5) is 97.3. The summed E-state index contributed by atoms with van der Waals surface area (Å²) in [5, 5.41) is 39.5. The molecular formula is C52H67N5O18. The van der Waals surface area contributed by atoms with E-state index in [1.165, 1.54) is 66.3 Å². The Labute approximate surface area is 433 Å². The SMILES string of the molecule is COc1cccc2c1C(=O)c1c(O)c3c(c(O)c1C2=O)C[C@@](O)(C(=O)N(C)CCN(C)C(=O)CCOCCOCCNC(=O)CCCCCN1C(=O)C=CC1=O)C[C@@H]3O[C@H]1C[C@H]2[C@H](O[C@@H]3[C@@H](OC)OCCN32)[C@H](C)O1. The molecule has 408 valence electrons. The van der Waals surface area contributed by atoms with E-state index in [4.69, 9.17) is 37.9 Å². The van der Waals surface area contributed by atoms with Crippen LogP contribution in [-0.4, -0.2) is 213 Å². The highest BCUT2D eigenvalue weighted by Gasteiger charge is 2.55. The number of hydrogen-bond acceptors (Lipinski definition) is 19. The number of nitrogens with zero attached hydrogens (tertiary/aromatic N) is 4. The first kappa shape index (κ1) is 55.3. The number of unbranched alkanes of at least 4 members (excludes halogenated alkanes) is 2. The van der Waals surface area contributed by atoms with E-state index in [0.29, 0.717) is 51.9 Å². The standard InChI is InChI=1S/C52H67N5O18/c1-29-48-32(56-20-23-72-50(69-5)49(56)75-48)26-39(73-29)74-34-28-52(67,27-31-41(34)47(65)43-42(45(31)63)44(62)30-10-9-11-33(68-4)40(30)46(43)64)51(66)55(3)19-18-54(2)36(59)15-21-70-24-25-71-22-16-53-35(58)12-7-6-8-17-57-37(60)13-14-38(57)61/h9-11,13-14,29,32,34,39,48-50,63,65,67H,6-8,12,15-28H2,1-5H3,(H,53,58)/t29-,32-,34-,39-,48+,49+,50-,52-/m0/s1. The summed E-state index contributed by atoms with van der Waals surface area (Å²) in [5.74, 6) is -4.60. The summed E-state index contributed by atoms with van der Waals surface area (Å²) in [5.41, 5.74) is -3.62. The van der Waals surface area contributed by atoms with E-state index in [-0.39, 0.29) is 116 Å². The number of methoxy groups -OCH3 is 2. The van der Waals surface area contributed by atoms with Gasteiger partial charge in [0, 0.05) is 114 Å². The monoisotopic (exact) mass is 1050 g/mol. The lowest BCUT2D eigenvalue weighted by atomic mass is 9.72. The molecule has 2 aromatic rings. The van der Waals surface area contributed by atoms with E-state index in [1.54, 1.807) is 7.05 Å². The number of nitrogens with one attached hydrogen (secondary N) is 1. The number of aliphatic hydroxyl groups is 1. The van der Waals surface area contributed by atoms with Crippen LogP contribution in [0.2, 0.25) is 0 Å². The number of rotatable bonds is 23. The van der Waals surface area contributed by atoms with Gasteiger partial charge in [0.25, 0.3) is 17.7 Å². The van der Waals surface area contributed by atoms with Crippen molar-refractivity contribution in [3.05, 3.63) is 63.7 Å². The topological polar surface area (TPSA) is 279 Å². The van der Waals surface area contributed by atoms with Crippen molar-refractivity contribution in [2.45, 2.75) is 107 Å². The number of phenols is 2. The van der Waals surface area contributed by atoms with E-state index in [1.807, 2.05) is 6.92 Å². The molecule has 0 bridgehead atoms. The van der Waals surface area contributed by atoms with Gasteiger partial charge in [0.05, 0.1) is 75.5 Å². The molecule has 0 spiro atoms. The molecule has 3 saturated heterocycles. The molecule has 0 saturated carbocycles. The normalized spacial score (nSPS) is 25.8. The van der Waals surface area contributed by atoms with Crippen molar-refractivity contribution >= 4 is 41.1 Å². The van der Waals surface area contributed by atoms with Crippen molar-refractivity contribution in [3.63, 3.8) is 0 Å². The zero-order chi connectivity index (χ0) is 53.7. The molecule has 75 heavy (non-hydrogen) atoms. The zero-order valence-corrected chi connectivity index (χ0v) is 42.9. The number of likely N-dealkylation sites (N-methyl/N-ethyl adjacent to an activating group) is 2. The Hall–Kier alpha value is -5.89. The van der Waals surface area contributed by atoms with Crippen molar-refractivity contribution in [1.82, 2.24) is 24.9 Å². The van der Waals surface area contributed by atoms with Gasteiger partial charge in [-0.05, 0) is 25.8 Å². The van der Waals surface area contributed by atoms with Crippen LogP contribution in [0.3, 0.4) is 0 Å². The number of hydrogen-bond donors (Lipinski definition) is 4. The minimum Gasteiger partial charge on any atom is -0.507 e. The van der Waals surface area contributed by atoms with Gasteiger partial charge in [-0.15, -0.1) is 0 Å². The molecular weight excluding hydrogens is 983 g/mol. The van der Waals surface area contributed by atoms with Crippen LogP contribution in [0.15, 0.2) is 30.4 Å². The summed E-state index contributed by atoms with van der Waals surface area (Å²) in [6.07, 6.45) is -0.433. The third-order valence-electron chi connectivity index (χ3n) is 14.7. The number of fused-ring (bicyclic) bond motifs is 6. The van der Waals surface area contributed by atoms with Crippen molar-refractivity contribution < 1.29 is 86.8 Å². The molecule has 0 unspecified atom stereocenters. The fraction of sp³-hybridized carbons (Fsp3) is 0.596. The van der Waals surface area contributed by atoms with Crippen LogP contribution in [0.4, 0.5) is 0 Å². The first-order chi connectivity index (χ1) is 36.0. The number of carbonyl (C=O) groups excluding carboxylic acids is 7. The molecule has 23 heteroatoms. The van der Waals surface area contributed by atoms with Crippen molar-refractivity contribution in [3.8, 4) is 17.2 Å². The third-order valence-corrected chi connectivity index (χ3v) is 14.7. The molecule has 0 radical (unpaired) electrons. The number of benzene rings is 2. The molecule has 0 aromatic heterocycles. The van der Waals surface area contributed by atoms with Crippen molar-refractivity contribution in [2.24, 2.45) is 0 Å². The third kappa shape index (κ3) is 11.6. The van der Waals surface area contributed by atoms with Crippen molar-refractivity contribution in [2.75, 3.05) is 94.1 Å². The number of carbonyl (C=O) groups is 7. The van der Waals surface area contributed by atoms with Gasteiger partial charge in [0.2, 0.25) is 17.6 Å². The molecule has 5 amide bonds. The fourth-order valence-corrected chi connectivity index (χ4v) is 10.8. The first-order valence-electron chi connectivity index (χ1n) is 25.4. The van der Waals surface area contributed by atoms with Crippen LogP contribution >= 0.6 is 0 Å². The molecule has 2 aromatic carbocycles. The second-order valence-corrected chi connectivity index (χ2v) is 19.5. The van der Waals surface area contributed by atoms with Gasteiger partial charge in [-0.2, -0.15) is 0 Å². The lowest BCUT2D eigenvalue weighted by Gasteiger charge is -2.44. The molecule has 8 atom stereocenters. The summed E-state index contributed by atoms with van der Waals surface area (Å²) < 4.78 is 47.2.